The topological polar surface area (TPSA) is 94.0 Å². The summed E-state index contributed by atoms with van der Waals surface area (Å²) in [4.78, 5) is 16.4. The van der Waals surface area contributed by atoms with E-state index in [2.05, 4.69) is 10.1 Å². The van der Waals surface area contributed by atoms with Gasteiger partial charge in [-0.3, -0.25) is 4.79 Å². The first-order valence-corrected chi connectivity index (χ1v) is 8.55. The van der Waals surface area contributed by atoms with Crippen LogP contribution < -0.4 is 4.72 Å². The monoisotopic (exact) mass is 342 g/mol. The Morgan fingerprint density at radius 2 is 1.83 bits per heavy atom. The Balaban J connectivity index is 1.85. The molecule has 7 nitrogen and oxygen atoms in total. The van der Waals surface area contributed by atoms with Crippen molar-refractivity contribution in [1.82, 2.24) is 19.5 Å². The summed E-state index contributed by atoms with van der Waals surface area (Å²) in [6.07, 6.45) is 3.25. The van der Waals surface area contributed by atoms with E-state index in [9.17, 15) is 13.2 Å². The van der Waals surface area contributed by atoms with Gasteiger partial charge in [-0.05, 0) is 37.3 Å². The van der Waals surface area contributed by atoms with Crippen LogP contribution in [0.15, 0.2) is 65.8 Å². The quantitative estimate of drug-likeness (QED) is 0.779. The van der Waals surface area contributed by atoms with Gasteiger partial charge in [-0.2, -0.15) is 5.10 Å². The fourth-order valence-electron chi connectivity index (χ4n) is 2.03. The van der Waals surface area contributed by atoms with E-state index in [1.54, 1.807) is 42.7 Å². The molecule has 0 bridgehead atoms. The highest BCUT2D eigenvalue weighted by Crippen LogP contribution is 2.11. The maximum atomic E-state index is 12.3. The highest BCUT2D eigenvalue weighted by Gasteiger charge is 2.19. The molecule has 1 amide bonds. The number of carbonyl (C=O) groups is 1. The second kappa shape index (κ2) is 6.25. The Labute approximate surface area is 139 Å². The summed E-state index contributed by atoms with van der Waals surface area (Å²) in [5.74, 6) is -0.384. The summed E-state index contributed by atoms with van der Waals surface area (Å²) in [6.45, 7) is 1.85. The zero-order chi connectivity index (χ0) is 17.2. The molecule has 0 aliphatic rings. The molecule has 0 spiro atoms. The molecule has 3 rings (SSSR count). The summed E-state index contributed by atoms with van der Waals surface area (Å²) in [7, 11) is -3.95. The lowest BCUT2D eigenvalue weighted by Gasteiger charge is -2.08. The van der Waals surface area contributed by atoms with Gasteiger partial charge < -0.3 is 0 Å². The normalized spacial score (nSPS) is 11.2. The van der Waals surface area contributed by atoms with Gasteiger partial charge >= 0.3 is 0 Å². The molecule has 0 aliphatic heterocycles. The molecule has 0 saturated heterocycles. The van der Waals surface area contributed by atoms with Crippen molar-refractivity contribution in [3.05, 3.63) is 72.2 Å². The molecule has 8 heteroatoms. The Hall–Kier alpha value is -3.00. The number of amides is 1. The van der Waals surface area contributed by atoms with E-state index in [1.807, 2.05) is 11.6 Å². The van der Waals surface area contributed by atoms with E-state index >= 15 is 0 Å². The molecule has 2 aromatic heterocycles. The van der Waals surface area contributed by atoms with E-state index in [1.165, 1.54) is 22.9 Å². The number of sulfonamides is 1. The summed E-state index contributed by atoms with van der Waals surface area (Å²) in [5, 5.41) is 4.02. The Kier molecular flexibility index (Phi) is 4.13. The smallest absolute Gasteiger partial charge is 0.266 e. The van der Waals surface area contributed by atoms with Crippen molar-refractivity contribution < 1.29 is 13.2 Å². The standard InChI is InChI=1S/C16H14N4O3S/c1-12-6-8-13(9-7-12)24(22,23)19-16(21)14-4-2-5-15(18-14)20-11-3-10-17-20/h2-11H,1H3,(H,19,21). The first-order valence-electron chi connectivity index (χ1n) is 7.06. The lowest BCUT2D eigenvalue weighted by molar-refractivity contribution is 0.0976. The Morgan fingerprint density at radius 3 is 2.50 bits per heavy atom. The number of benzene rings is 1. The van der Waals surface area contributed by atoms with Crippen LogP contribution in [0.4, 0.5) is 0 Å². The largest absolute Gasteiger partial charge is 0.283 e. The first-order chi connectivity index (χ1) is 11.5. The third kappa shape index (κ3) is 3.33. The number of carbonyl (C=O) groups excluding carboxylic acids is 1. The highest BCUT2D eigenvalue weighted by atomic mass is 32.2. The van der Waals surface area contributed by atoms with Gasteiger partial charge in [-0.25, -0.2) is 22.8 Å². The second-order valence-corrected chi connectivity index (χ2v) is 6.76. The minimum atomic E-state index is -3.95. The lowest BCUT2D eigenvalue weighted by Crippen LogP contribution is -2.31. The number of nitrogens with one attached hydrogen (secondary N) is 1. The van der Waals surface area contributed by atoms with Gasteiger partial charge in [0.05, 0.1) is 4.90 Å². The average molecular weight is 342 g/mol. The van der Waals surface area contributed by atoms with Crippen molar-refractivity contribution >= 4 is 15.9 Å². The van der Waals surface area contributed by atoms with Crippen molar-refractivity contribution in [2.45, 2.75) is 11.8 Å². The van der Waals surface area contributed by atoms with Crippen LogP contribution in [0.5, 0.6) is 0 Å². The molecular formula is C16H14N4O3S. The molecule has 1 aromatic carbocycles. The molecule has 122 valence electrons. The van der Waals surface area contributed by atoms with Crippen molar-refractivity contribution in [3.8, 4) is 5.82 Å². The number of hydrogen-bond donors (Lipinski definition) is 1. The Bertz CT molecular complexity index is 965. The molecule has 2 heterocycles. The number of pyridine rings is 1. The Morgan fingerprint density at radius 1 is 1.08 bits per heavy atom. The van der Waals surface area contributed by atoms with E-state index in [0.717, 1.165) is 5.56 Å². The highest BCUT2D eigenvalue weighted by molar-refractivity contribution is 7.90. The molecule has 0 unspecified atom stereocenters. The van der Waals surface area contributed by atoms with Gasteiger partial charge in [0.25, 0.3) is 15.9 Å². The summed E-state index contributed by atoms with van der Waals surface area (Å²) in [6, 6.07) is 12.6. The van der Waals surface area contributed by atoms with Gasteiger partial charge in [0.2, 0.25) is 0 Å². The third-order valence-corrected chi connectivity index (χ3v) is 4.61. The molecule has 1 N–H and O–H groups in total. The molecule has 0 radical (unpaired) electrons. The second-order valence-electron chi connectivity index (χ2n) is 5.08. The van der Waals surface area contributed by atoms with Crippen molar-refractivity contribution in [2.24, 2.45) is 0 Å². The van der Waals surface area contributed by atoms with Crippen LogP contribution in [-0.2, 0) is 10.0 Å². The lowest BCUT2D eigenvalue weighted by atomic mass is 10.2. The number of aromatic nitrogens is 3. The van der Waals surface area contributed by atoms with Gasteiger partial charge in [-0.15, -0.1) is 0 Å². The number of aryl methyl sites for hydroxylation is 1. The summed E-state index contributed by atoms with van der Waals surface area (Å²) < 4.78 is 28.0. The predicted molar refractivity (Wildman–Crippen MR) is 87.2 cm³/mol. The SMILES string of the molecule is Cc1ccc(S(=O)(=O)NC(=O)c2cccc(-n3cccn3)n2)cc1. The predicted octanol–water partition coefficient (Wildman–Crippen LogP) is 1.69. The molecule has 0 saturated carbocycles. The number of nitrogens with zero attached hydrogens (tertiary/aromatic N) is 3. The summed E-state index contributed by atoms with van der Waals surface area (Å²) >= 11 is 0. The van der Waals surface area contributed by atoms with Crippen LogP contribution in [0.3, 0.4) is 0 Å². The molecule has 24 heavy (non-hydrogen) atoms. The van der Waals surface area contributed by atoms with Crippen LogP contribution in [-0.4, -0.2) is 29.1 Å². The zero-order valence-corrected chi connectivity index (χ0v) is 13.6. The maximum absolute atomic E-state index is 12.3. The average Bonchev–Trinajstić information content (AvgIpc) is 3.09. The third-order valence-electron chi connectivity index (χ3n) is 3.26. The van der Waals surface area contributed by atoms with Gasteiger partial charge in [0.1, 0.15) is 5.69 Å². The minimum Gasteiger partial charge on any atom is -0.266 e. The van der Waals surface area contributed by atoms with Crippen molar-refractivity contribution in [3.63, 3.8) is 0 Å². The van der Waals surface area contributed by atoms with Crippen molar-refractivity contribution in [1.29, 1.82) is 0 Å². The van der Waals surface area contributed by atoms with Gasteiger partial charge in [-0.1, -0.05) is 23.8 Å². The van der Waals surface area contributed by atoms with Crippen LogP contribution >= 0.6 is 0 Å². The number of rotatable bonds is 4. The fourth-order valence-corrected chi connectivity index (χ4v) is 2.99. The minimum absolute atomic E-state index is 0.0151. The molecule has 0 atom stereocenters. The van der Waals surface area contributed by atoms with E-state index in [0.29, 0.717) is 5.82 Å². The van der Waals surface area contributed by atoms with Crippen LogP contribution in [0.25, 0.3) is 5.82 Å². The van der Waals surface area contributed by atoms with Crippen LogP contribution in [0, 0.1) is 6.92 Å². The number of hydrogen-bond acceptors (Lipinski definition) is 5. The van der Waals surface area contributed by atoms with Crippen LogP contribution in [0.1, 0.15) is 16.1 Å². The first kappa shape index (κ1) is 15.9. The van der Waals surface area contributed by atoms with Gasteiger partial charge in [0.15, 0.2) is 5.82 Å². The van der Waals surface area contributed by atoms with E-state index in [-0.39, 0.29) is 10.6 Å². The molecule has 0 fully saturated rings. The zero-order valence-electron chi connectivity index (χ0n) is 12.7. The molecular weight excluding hydrogens is 328 g/mol. The maximum Gasteiger partial charge on any atom is 0.283 e. The summed E-state index contributed by atoms with van der Waals surface area (Å²) in [5.41, 5.74) is 0.910. The van der Waals surface area contributed by atoms with E-state index < -0.39 is 15.9 Å². The van der Waals surface area contributed by atoms with Crippen LogP contribution in [0.2, 0.25) is 0 Å². The van der Waals surface area contributed by atoms with Crippen molar-refractivity contribution in [2.75, 3.05) is 0 Å². The fraction of sp³-hybridized carbons (Fsp3) is 0.0625. The molecule has 0 aliphatic carbocycles. The van der Waals surface area contributed by atoms with E-state index in [4.69, 9.17) is 0 Å². The molecule has 3 aromatic rings. The van der Waals surface area contributed by atoms with Gasteiger partial charge in [0, 0.05) is 12.4 Å².